The quantitative estimate of drug-likeness (QED) is 0.294. The standard InChI is InChI=1S/C32H34N6O4/c1-20-17-23(33)9-10-26(20)37-15-13-36(14-16-37)19-22-7-5-21(6-8-22)18-34-25-4-2-3-24-29(25)32(42)38(31(24)41)27-11-12-28(39)35-30(27)40/h2-10,17,27,34H,11-16,18-19,33H2,1H3,(H,35,39,40). The summed E-state index contributed by atoms with van der Waals surface area (Å²) in [4.78, 5) is 56.2. The molecular formula is C32H34N6O4. The third-order valence-corrected chi connectivity index (χ3v) is 8.31. The van der Waals surface area contributed by atoms with Crippen molar-refractivity contribution in [3.05, 3.63) is 88.5 Å². The third kappa shape index (κ3) is 5.33. The Hall–Kier alpha value is -4.70. The van der Waals surface area contributed by atoms with Crippen LogP contribution >= 0.6 is 0 Å². The van der Waals surface area contributed by atoms with Gasteiger partial charge in [-0.15, -0.1) is 0 Å². The lowest BCUT2D eigenvalue weighted by Crippen LogP contribution is -2.54. The first-order valence-corrected chi connectivity index (χ1v) is 14.3. The Labute approximate surface area is 244 Å². The molecule has 6 rings (SSSR count). The first-order valence-electron chi connectivity index (χ1n) is 14.3. The van der Waals surface area contributed by atoms with Crippen LogP contribution in [0.15, 0.2) is 60.7 Å². The Balaban J connectivity index is 1.05. The number of piperidine rings is 1. The molecule has 10 heteroatoms. The number of imide groups is 2. The number of benzene rings is 3. The van der Waals surface area contributed by atoms with Crippen molar-refractivity contribution in [1.29, 1.82) is 0 Å². The maximum atomic E-state index is 13.3. The first-order chi connectivity index (χ1) is 20.3. The summed E-state index contributed by atoms with van der Waals surface area (Å²) in [6.45, 7) is 7.35. The number of nitrogen functional groups attached to an aromatic ring is 1. The summed E-state index contributed by atoms with van der Waals surface area (Å²) in [6.07, 6.45) is 0.216. The summed E-state index contributed by atoms with van der Waals surface area (Å²) in [7, 11) is 0. The highest BCUT2D eigenvalue weighted by molar-refractivity contribution is 6.25. The van der Waals surface area contributed by atoms with Gasteiger partial charge in [-0.3, -0.25) is 34.3 Å². The number of hydrogen-bond acceptors (Lipinski definition) is 8. The van der Waals surface area contributed by atoms with E-state index in [0.717, 1.165) is 48.9 Å². The van der Waals surface area contributed by atoms with Gasteiger partial charge in [-0.2, -0.15) is 0 Å². The Bertz CT molecular complexity index is 1560. The van der Waals surface area contributed by atoms with E-state index in [2.05, 4.69) is 57.7 Å². The molecule has 3 aliphatic heterocycles. The highest BCUT2D eigenvalue weighted by Crippen LogP contribution is 2.32. The Kier molecular flexibility index (Phi) is 7.38. The van der Waals surface area contributed by atoms with Crippen LogP contribution in [0.25, 0.3) is 0 Å². The Morgan fingerprint density at radius 1 is 0.905 bits per heavy atom. The summed E-state index contributed by atoms with van der Waals surface area (Å²) in [6, 6.07) is 18.6. The molecule has 0 bridgehead atoms. The number of rotatable bonds is 7. The van der Waals surface area contributed by atoms with Crippen LogP contribution < -0.4 is 21.3 Å². The predicted molar refractivity (Wildman–Crippen MR) is 160 cm³/mol. The first kappa shape index (κ1) is 27.5. The average molecular weight is 567 g/mol. The summed E-state index contributed by atoms with van der Waals surface area (Å²) >= 11 is 0. The van der Waals surface area contributed by atoms with Crippen molar-refractivity contribution < 1.29 is 19.2 Å². The van der Waals surface area contributed by atoms with E-state index >= 15 is 0 Å². The van der Waals surface area contributed by atoms with Gasteiger partial charge in [0.05, 0.1) is 11.1 Å². The number of carbonyl (C=O) groups is 4. The van der Waals surface area contributed by atoms with Crippen molar-refractivity contribution in [2.24, 2.45) is 0 Å². The zero-order valence-corrected chi connectivity index (χ0v) is 23.6. The molecule has 4 N–H and O–H groups in total. The highest BCUT2D eigenvalue weighted by atomic mass is 16.2. The fourth-order valence-corrected chi connectivity index (χ4v) is 6.06. The lowest BCUT2D eigenvalue weighted by molar-refractivity contribution is -0.136. The van der Waals surface area contributed by atoms with Gasteiger partial charge >= 0.3 is 0 Å². The maximum Gasteiger partial charge on any atom is 0.264 e. The number of nitrogens with one attached hydrogen (secondary N) is 2. The van der Waals surface area contributed by atoms with E-state index in [1.54, 1.807) is 18.2 Å². The highest BCUT2D eigenvalue weighted by Gasteiger charge is 2.45. The zero-order valence-electron chi connectivity index (χ0n) is 23.6. The topological polar surface area (TPSA) is 128 Å². The fourth-order valence-electron chi connectivity index (χ4n) is 6.06. The van der Waals surface area contributed by atoms with Gasteiger partial charge in [0, 0.05) is 62.8 Å². The molecule has 0 aromatic heterocycles. The molecule has 0 radical (unpaired) electrons. The second kappa shape index (κ2) is 11.3. The third-order valence-electron chi connectivity index (χ3n) is 8.31. The van der Waals surface area contributed by atoms with E-state index in [1.807, 2.05) is 12.1 Å². The number of fused-ring (bicyclic) bond motifs is 1. The Morgan fingerprint density at radius 2 is 1.64 bits per heavy atom. The van der Waals surface area contributed by atoms with Crippen molar-refractivity contribution in [1.82, 2.24) is 15.1 Å². The normalized spacial score (nSPS) is 19.2. The molecular weight excluding hydrogens is 532 g/mol. The number of carbonyl (C=O) groups excluding carboxylic acids is 4. The van der Waals surface area contributed by atoms with Crippen molar-refractivity contribution in [3.63, 3.8) is 0 Å². The predicted octanol–water partition coefficient (Wildman–Crippen LogP) is 2.91. The molecule has 3 aromatic rings. The van der Waals surface area contributed by atoms with Crippen LogP contribution in [0, 0.1) is 6.92 Å². The van der Waals surface area contributed by atoms with E-state index in [4.69, 9.17) is 5.73 Å². The van der Waals surface area contributed by atoms with Gasteiger partial charge in [-0.25, -0.2) is 0 Å². The van der Waals surface area contributed by atoms with Crippen LogP contribution in [0.4, 0.5) is 17.1 Å². The lowest BCUT2D eigenvalue weighted by atomic mass is 10.0. The minimum absolute atomic E-state index is 0.0877. The molecule has 42 heavy (non-hydrogen) atoms. The average Bonchev–Trinajstić information content (AvgIpc) is 3.23. The molecule has 216 valence electrons. The van der Waals surface area contributed by atoms with E-state index < -0.39 is 29.7 Å². The number of aryl methyl sites for hydroxylation is 1. The molecule has 3 aromatic carbocycles. The summed E-state index contributed by atoms with van der Waals surface area (Å²) in [5, 5.41) is 5.53. The summed E-state index contributed by atoms with van der Waals surface area (Å²) in [5.74, 6) is -2.04. The molecule has 3 heterocycles. The largest absolute Gasteiger partial charge is 0.399 e. The molecule has 1 atom stereocenters. The SMILES string of the molecule is Cc1cc(N)ccc1N1CCN(Cc2ccc(CNc3cccc4c3C(=O)N(C3CCC(=O)NC3=O)C4=O)cc2)CC1. The van der Waals surface area contributed by atoms with Crippen LogP contribution in [-0.2, 0) is 22.7 Å². The summed E-state index contributed by atoms with van der Waals surface area (Å²) in [5.41, 5.74) is 12.5. The summed E-state index contributed by atoms with van der Waals surface area (Å²) < 4.78 is 0. The zero-order chi connectivity index (χ0) is 29.4. The maximum absolute atomic E-state index is 13.3. The van der Waals surface area contributed by atoms with Crippen LogP contribution in [0.1, 0.15) is 50.2 Å². The lowest BCUT2D eigenvalue weighted by Gasteiger charge is -2.37. The molecule has 3 aliphatic rings. The van der Waals surface area contributed by atoms with E-state index in [9.17, 15) is 19.2 Å². The monoisotopic (exact) mass is 566 g/mol. The minimum atomic E-state index is -0.986. The Morgan fingerprint density at radius 3 is 2.36 bits per heavy atom. The van der Waals surface area contributed by atoms with Gasteiger partial charge in [0.15, 0.2) is 0 Å². The molecule has 0 aliphatic carbocycles. The number of hydrogen-bond donors (Lipinski definition) is 3. The molecule has 10 nitrogen and oxygen atoms in total. The number of nitrogens with two attached hydrogens (primary N) is 1. The van der Waals surface area contributed by atoms with E-state index in [0.29, 0.717) is 12.2 Å². The van der Waals surface area contributed by atoms with Crippen molar-refractivity contribution >= 4 is 40.7 Å². The van der Waals surface area contributed by atoms with E-state index in [1.165, 1.54) is 16.8 Å². The minimum Gasteiger partial charge on any atom is -0.399 e. The van der Waals surface area contributed by atoms with Gasteiger partial charge < -0.3 is 16.0 Å². The van der Waals surface area contributed by atoms with Gasteiger partial charge in [-0.1, -0.05) is 30.3 Å². The van der Waals surface area contributed by atoms with Crippen LogP contribution in [-0.4, -0.2) is 65.6 Å². The number of anilines is 3. The molecule has 2 saturated heterocycles. The van der Waals surface area contributed by atoms with Crippen molar-refractivity contribution in [3.8, 4) is 0 Å². The van der Waals surface area contributed by atoms with Gasteiger partial charge in [0.1, 0.15) is 6.04 Å². The van der Waals surface area contributed by atoms with Crippen molar-refractivity contribution in [2.45, 2.75) is 38.9 Å². The molecule has 2 fully saturated rings. The van der Waals surface area contributed by atoms with Gasteiger partial charge in [0.2, 0.25) is 11.8 Å². The number of amides is 4. The number of piperazine rings is 1. The van der Waals surface area contributed by atoms with Crippen molar-refractivity contribution in [2.75, 3.05) is 42.1 Å². The smallest absolute Gasteiger partial charge is 0.264 e. The van der Waals surface area contributed by atoms with Gasteiger partial charge in [-0.05, 0) is 60.4 Å². The second-order valence-corrected chi connectivity index (χ2v) is 11.2. The van der Waals surface area contributed by atoms with Crippen LogP contribution in [0.2, 0.25) is 0 Å². The number of nitrogens with zero attached hydrogens (tertiary/aromatic N) is 3. The molecule has 0 saturated carbocycles. The molecule has 0 spiro atoms. The molecule has 1 unspecified atom stereocenters. The van der Waals surface area contributed by atoms with Gasteiger partial charge in [0.25, 0.3) is 11.8 Å². The fraction of sp³-hybridized carbons (Fsp3) is 0.312. The van der Waals surface area contributed by atoms with Crippen LogP contribution in [0.3, 0.4) is 0 Å². The van der Waals surface area contributed by atoms with E-state index in [-0.39, 0.29) is 24.0 Å². The molecule has 4 amide bonds. The second-order valence-electron chi connectivity index (χ2n) is 11.2. The van der Waals surface area contributed by atoms with Crippen LogP contribution in [0.5, 0.6) is 0 Å².